The first-order valence-electron chi connectivity index (χ1n) is 11.5. The number of amides is 3. The third kappa shape index (κ3) is 5.97. The smallest absolute Gasteiger partial charge is 0.272 e. The highest BCUT2D eigenvalue weighted by atomic mass is 32.2. The minimum absolute atomic E-state index is 0.112. The Morgan fingerprint density at radius 1 is 1.18 bits per heavy atom. The van der Waals surface area contributed by atoms with E-state index in [0.29, 0.717) is 6.54 Å². The molecule has 0 aliphatic carbocycles. The summed E-state index contributed by atoms with van der Waals surface area (Å²) >= 11 is 1.88. The third-order valence-corrected chi connectivity index (χ3v) is 7.14. The van der Waals surface area contributed by atoms with Crippen LogP contribution in [0.5, 0.6) is 0 Å². The Bertz CT molecular complexity index is 1030. The molecule has 0 fully saturated rings. The van der Waals surface area contributed by atoms with E-state index in [-0.39, 0.29) is 48.0 Å². The van der Waals surface area contributed by atoms with E-state index in [1.807, 2.05) is 11.8 Å². The van der Waals surface area contributed by atoms with Crippen LogP contribution in [-0.4, -0.2) is 63.0 Å². The largest absolute Gasteiger partial charge is 0.351 e. The molecule has 3 amide bonds. The SMILES string of the molecule is CCCCSCCCNC(=O)c1cc2n(n1)CC(C)(C(=O)NCc1ccc(F)cc1)N(C)C2=O. The van der Waals surface area contributed by atoms with E-state index < -0.39 is 5.54 Å². The van der Waals surface area contributed by atoms with Gasteiger partial charge in [0.2, 0.25) is 5.91 Å². The zero-order valence-corrected chi connectivity index (χ0v) is 20.7. The Labute approximate surface area is 203 Å². The van der Waals surface area contributed by atoms with Crippen molar-refractivity contribution in [3.8, 4) is 0 Å². The van der Waals surface area contributed by atoms with E-state index in [2.05, 4.69) is 22.7 Å². The minimum Gasteiger partial charge on any atom is -0.351 e. The van der Waals surface area contributed by atoms with Gasteiger partial charge in [-0.15, -0.1) is 0 Å². The van der Waals surface area contributed by atoms with Crippen LogP contribution in [-0.2, 0) is 17.9 Å². The lowest BCUT2D eigenvalue weighted by Crippen LogP contribution is -2.62. The fourth-order valence-corrected chi connectivity index (χ4v) is 4.67. The summed E-state index contributed by atoms with van der Waals surface area (Å²) in [4.78, 5) is 39.9. The molecule has 3 rings (SSSR count). The van der Waals surface area contributed by atoms with Gasteiger partial charge in [-0.3, -0.25) is 19.1 Å². The van der Waals surface area contributed by atoms with Crippen molar-refractivity contribution in [2.75, 3.05) is 25.1 Å². The summed E-state index contributed by atoms with van der Waals surface area (Å²) in [5.74, 6) is 0.679. The van der Waals surface area contributed by atoms with Gasteiger partial charge in [0.15, 0.2) is 5.69 Å². The number of hydrogen-bond acceptors (Lipinski definition) is 5. The fourth-order valence-electron chi connectivity index (χ4n) is 3.63. The highest BCUT2D eigenvalue weighted by Crippen LogP contribution is 2.26. The van der Waals surface area contributed by atoms with Crippen molar-refractivity contribution in [3.05, 3.63) is 53.1 Å². The molecule has 0 bridgehead atoms. The van der Waals surface area contributed by atoms with Crippen LogP contribution in [0.4, 0.5) is 4.39 Å². The average Bonchev–Trinajstić information content (AvgIpc) is 3.25. The van der Waals surface area contributed by atoms with Gasteiger partial charge in [-0.2, -0.15) is 16.9 Å². The summed E-state index contributed by atoms with van der Waals surface area (Å²) in [7, 11) is 1.56. The van der Waals surface area contributed by atoms with Gasteiger partial charge < -0.3 is 15.5 Å². The molecule has 0 spiro atoms. The molecule has 2 aromatic rings. The second-order valence-corrected chi connectivity index (χ2v) is 9.82. The van der Waals surface area contributed by atoms with E-state index in [0.717, 1.165) is 23.5 Å². The molecule has 0 radical (unpaired) electrons. The molecule has 1 aromatic carbocycles. The van der Waals surface area contributed by atoms with E-state index in [1.165, 1.54) is 40.6 Å². The molecular weight excluding hydrogens is 457 g/mol. The molecule has 2 N–H and O–H groups in total. The van der Waals surface area contributed by atoms with Gasteiger partial charge in [-0.05, 0) is 49.0 Å². The Morgan fingerprint density at radius 3 is 2.59 bits per heavy atom. The first-order chi connectivity index (χ1) is 16.3. The summed E-state index contributed by atoms with van der Waals surface area (Å²) in [6, 6.07) is 7.31. The normalized spacial score (nSPS) is 17.4. The Hall–Kier alpha value is -2.88. The van der Waals surface area contributed by atoms with Gasteiger partial charge in [-0.25, -0.2) is 4.39 Å². The molecule has 0 saturated heterocycles. The molecule has 34 heavy (non-hydrogen) atoms. The van der Waals surface area contributed by atoms with Crippen LogP contribution >= 0.6 is 11.8 Å². The van der Waals surface area contributed by atoms with Crippen LogP contribution < -0.4 is 10.6 Å². The maximum Gasteiger partial charge on any atom is 0.272 e. The molecule has 1 aliphatic heterocycles. The number of halogens is 1. The molecule has 184 valence electrons. The number of thioether (sulfide) groups is 1. The number of aromatic nitrogens is 2. The van der Waals surface area contributed by atoms with Crippen molar-refractivity contribution in [1.29, 1.82) is 0 Å². The van der Waals surface area contributed by atoms with Crippen LogP contribution in [0.1, 0.15) is 59.7 Å². The number of fused-ring (bicyclic) bond motifs is 1. The van der Waals surface area contributed by atoms with Gasteiger partial charge in [0.25, 0.3) is 11.8 Å². The van der Waals surface area contributed by atoms with Crippen molar-refractivity contribution in [3.63, 3.8) is 0 Å². The number of carbonyl (C=O) groups excluding carboxylic acids is 3. The first-order valence-corrected chi connectivity index (χ1v) is 12.7. The topological polar surface area (TPSA) is 96.3 Å². The minimum atomic E-state index is -1.19. The molecule has 1 atom stereocenters. The quantitative estimate of drug-likeness (QED) is 0.473. The zero-order valence-electron chi connectivity index (χ0n) is 19.9. The Balaban J connectivity index is 1.60. The Morgan fingerprint density at radius 2 is 1.88 bits per heavy atom. The second-order valence-electron chi connectivity index (χ2n) is 8.60. The van der Waals surface area contributed by atoms with Crippen molar-refractivity contribution >= 4 is 29.5 Å². The van der Waals surface area contributed by atoms with Gasteiger partial charge >= 0.3 is 0 Å². The third-order valence-electron chi connectivity index (χ3n) is 5.98. The number of carbonyl (C=O) groups is 3. The summed E-state index contributed by atoms with van der Waals surface area (Å²) in [6.07, 6.45) is 3.24. The molecule has 10 heteroatoms. The molecular formula is C24H32FN5O3S. The van der Waals surface area contributed by atoms with Crippen molar-refractivity contribution in [1.82, 2.24) is 25.3 Å². The number of nitrogens with zero attached hydrogens (tertiary/aromatic N) is 3. The zero-order chi connectivity index (χ0) is 24.7. The van der Waals surface area contributed by atoms with Crippen LogP contribution in [0.2, 0.25) is 0 Å². The first kappa shape index (κ1) is 25.7. The van der Waals surface area contributed by atoms with Crippen LogP contribution in [0.3, 0.4) is 0 Å². The van der Waals surface area contributed by atoms with Gasteiger partial charge in [0, 0.05) is 26.2 Å². The molecule has 8 nitrogen and oxygen atoms in total. The molecule has 1 aliphatic rings. The van der Waals surface area contributed by atoms with Crippen LogP contribution in [0.15, 0.2) is 30.3 Å². The summed E-state index contributed by atoms with van der Waals surface area (Å²) in [6.45, 7) is 4.67. The summed E-state index contributed by atoms with van der Waals surface area (Å²) in [5, 5.41) is 9.98. The lowest BCUT2D eigenvalue weighted by Gasteiger charge is -2.40. The molecule has 0 saturated carbocycles. The van der Waals surface area contributed by atoms with Crippen LogP contribution in [0, 0.1) is 5.82 Å². The monoisotopic (exact) mass is 489 g/mol. The van der Waals surface area contributed by atoms with Crippen LogP contribution in [0.25, 0.3) is 0 Å². The van der Waals surface area contributed by atoms with E-state index in [9.17, 15) is 18.8 Å². The lowest BCUT2D eigenvalue weighted by molar-refractivity contribution is -0.132. The predicted molar refractivity (Wildman–Crippen MR) is 130 cm³/mol. The van der Waals surface area contributed by atoms with Crippen molar-refractivity contribution in [2.24, 2.45) is 0 Å². The van der Waals surface area contributed by atoms with Gasteiger partial charge in [-0.1, -0.05) is 25.5 Å². The highest BCUT2D eigenvalue weighted by molar-refractivity contribution is 7.99. The highest BCUT2D eigenvalue weighted by Gasteiger charge is 2.46. The number of rotatable bonds is 11. The maximum atomic E-state index is 13.1. The summed E-state index contributed by atoms with van der Waals surface area (Å²) in [5.41, 5.74) is -0.0249. The number of likely N-dealkylation sites (N-methyl/N-ethyl adjacent to an activating group) is 1. The van der Waals surface area contributed by atoms with Gasteiger partial charge in [0.1, 0.15) is 17.1 Å². The number of benzene rings is 1. The second kappa shape index (κ2) is 11.5. The standard InChI is InChI=1S/C24H32FN5O3S/c1-4-5-12-34-13-6-11-26-21(31)19-14-20-22(32)29(3)24(2,16-30(20)28-19)23(33)27-15-17-7-9-18(25)10-8-17/h7-10,14H,4-6,11-13,15-16H2,1-3H3,(H,26,31)(H,27,33). The van der Waals surface area contributed by atoms with Crippen molar-refractivity contribution in [2.45, 2.75) is 51.7 Å². The Kier molecular flexibility index (Phi) is 8.71. The molecule has 1 aromatic heterocycles. The number of unbranched alkanes of at least 4 members (excludes halogenated alkanes) is 1. The van der Waals surface area contributed by atoms with E-state index >= 15 is 0 Å². The maximum absolute atomic E-state index is 13.1. The van der Waals surface area contributed by atoms with Gasteiger partial charge in [0.05, 0.1) is 6.54 Å². The molecule has 1 unspecified atom stereocenters. The summed E-state index contributed by atoms with van der Waals surface area (Å²) < 4.78 is 14.5. The number of hydrogen-bond donors (Lipinski definition) is 2. The predicted octanol–water partition coefficient (Wildman–Crippen LogP) is 2.84. The van der Waals surface area contributed by atoms with E-state index in [1.54, 1.807) is 26.1 Å². The van der Waals surface area contributed by atoms with E-state index in [4.69, 9.17) is 0 Å². The number of nitrogens with one attached hydrogen (secondary N) is 2. The average molecular weight is 490 g/mol. The fraction of sp³-hybridized carbons (Fsp3) is 0.500. The van der Waals surface area contributed by atoms with Crippen molar-refractivity contribution < 1.29 is 18.8 Å². The molecule has 2 heterocycles. The lowest BCUT2D eigenvalue weighted by atomic mass is 9.96.